The highest BCUT2D eigenvalue weighted by molar-refractivity contribution is 7.80. The molecule has 0 bridgehead atoms. The van der Waals surface area contributed by atoms with Gasteiger partial charge >= 0.3 is 0 Å². The summed E-state index contributed by atoms with van der Waals surface area (Å²) in [5.74, 6) is 2.07. The third kappa shape index (κ3) is 3.64. The van der Waals surface area contributed by atoms with Crippen molar-refractivity contribution >= 4 is 24.2 Å². The number of hydrogen-bond donors (Lipinski definition) is 1. The van der Waals surface area contributed by atoms with Gasteiger partial charge in [0.1, 0.15) is 12.4 Å². The second-order valence-corrected chi connectivity index (χ2v) is 4.96. The molecule has 1 fully saturated rings. The van der Waals surface area contributed by atoms with E-state index < -0.39 is 0 Å². The van der Waals surface area contributed by atoms with Gasteiger partial charge in [0.2, 0.25) is 5.91 Å². The van der Waals surface area contributed by atoms with Crippen molar-refractivity contribution in [3.05, 3.63) is 24.3 Å². The van der Waals surface area contributed by atoms with Crippen molar-refractivity contribution in [2.24, 2.45) is 5.92 Å². The summed E-state index contributed by atoms with van der Waals surface area (Å²) in [6.45, 7) is 1.85. The molecule has 0 saturated carbocycles. The molecular weight excluding hydrogens is 262 g/mol. The molecule has 5 heteroatoms. The van der Waals surface area contributed by atoms with Crippen LogP contribution in [0, 0.1) is 5.92 Å². The number of ether oxygens (including phenoxy) is 2. The topological polar surface area (TPSA) is 38.8 Å². The molecule has 1 unspecified atom stereocenters. The van der Waals surface area contributed by atoms with E-state index in [1.807, 2.05) is 29.2 Å². The highest BCUT2D eigenvalue weighted by Gasteiger charge is 2.29. The first kappa shape index (κ1) is 14.2. The van der Waals surface area contributed by atoms with Gasteiger partial charge in [-0.05, 0) is 35.9 Å². The van der Waals surface area contributed by atoms with Gasteiger partial charge < -0.3 is 14.4 Å². The standard InChI is InChI=1S/C14H19NO3S/c1-17-6-7-18-13-4-2-12(3-5-13)15-9-11(10-19)8-14(15)16/h2-5,11,19H,6-10H2,1H3. The first-order valence-corrected chi connectivity index (χ1v) is 7.01. The SMILES string of the molecule is COCCOc1ccc(N2CC(CS)CC2=O)cc1. The lowest BCUT2D eigenvalue weighted by molar-refractivity contribution is -0.117. The van der Waals surface area contributed by atoms with E-state index in [9.17, 15) is 4.79 Å². The first-order chi connectivity index (χ1) is 9.24. The van der Waals surface area contributed by atoms with Crippen LogP contribution in [0.5, 0.6) is 5.75 Å². The second-order valence-electron chi connectivity index (χ2n) is 4.59. The number of nitrogens with zero attached hydrogens (tertiary/aromatic N) is 1. The number of amides is 1. The lowest BCUT2D eigenvalue weighted by Crippen LogP contribution is -2.24. The maximum Gasteiger partial charge on any atom is 0.227 e. The number of rotatable bonds is 6. The van der Waals surface area contributed by atoms with Crippen LogP contribution in [0.1, 0.15) is 6.42 Å². The van der Waals surface area contributed by atoms with Crippen molar-refractivity contribution in [1.82, 2.24) is 0 Å². The van der Waals surface area contributed by atoms with Gasteiger partial charge in [-0.15, -0.1) is 0 Å². The zero-order valence-corrected chi connectivity index (χ0v) is 11.9. The number of carbonyl (C=O) groups excluding carboxylic acids is 1. The van der Waals surface area contributed by atoms with Crippen molar-refractivity contribution in [2.45, 2.75) is 6.42 Å². The van der Waals surface area contributed by atoms with Gasteiger partial charge in [-0.2, -0.15) is 12.6 Å². The molecule has 1 aromatic rings. The summed E-state index contributed by atoms with van der Waals surface area (Å²) in [5.41, 5.74) is 0.924. The Balaban J connectivity index is 1.96. The van der Waals surface area contributed by atoms with Crippen LogP contribution in [-0.4, -0.2) is 38.5 Å². The van der Waals surface area contributed by atoms with E-state index in [4.69, 9.17) is 9.47 Å². The van der Waals surface area contributed by atoms with E-state index in [0.29, 0.717) is 25.6 Å². The van der Waals surface area contributed by atoms with Crippen LogP contribution in [0.3, 0.4) is 0 Å². The van der Waals surface area contributed by atoms with Crippen molar-refractivity contribution in [3.63, 3.8) is 0 Å². The Hall–Kier alpha value is -1.20. The molecule has 0 radical (unpaired) electrons. The Bertz CT molecular complexity index is 421. The fraction of sp³-hybridized carbons (Fsp3) is 0.500. The molecule has 0 spiro atoms. The summed E-state index contributed by atoms with van der Waals surface area (Å²) in [6.07, 6.45) is 0.593. The van der Waals surface area contributed by atoms with E-state index >= 15 is 0 Å². The normalized spacial score (nSPS) is 18.9. The number of methoxy groups -OCH3 is 1. The number of benzene rings is 1. The van der Waals surface area contributed by atoms with Crippen molar-refractivity contribution in [1.29, 1.82) is 0 Å². The Morgan fingerprint density at radius 2 is 2.05 bits per heavy atom. The lowest BCUT2D eigenvalue weighted by Gasteiger charge is -2.17. The van der Waals surface area contributed by atoms with Gasteiger partial charge in [-0.25, -0.2) is 0 Å². The average molecular weight is 281 g/mol. The van der Waals surface area contributed by atoms with Crippen LogP contribution >= 0.6 is 12.6 Å². The fourth-order valence-electron chi connectivity index (χ4n) is 2.12. The predicted molar refractivity (Wildman–Crippen MR) is 78.1 cm³/mol. The zero-order chi connectivity index (χ0) is 13.7. The number of carbonyl (C=O) groups is 1. The van der Waals surface area contributed by atoms with Crippen LogP contribution in [0.4, 0.5) is 5.69 Å². The molecule has 104 valence electrons. The summed E-state index contributed by atoms with van der Waals surface area (Å²) in [5, 5.41) is 0. The number of thiol groups is 1. The van der Waals surface area contributed by atoms with Gasteiger partial charge in [0.05, 0.1) is 6.61 Å². The second kappa shape index (κ2) is 6.82. The van der Waals surface area contributed by atoms with Crippen LogP contribution in [0.2, 0.25) is 0 Å². The molecule has 1 saturated heterocycles. The van der Waals surface area contributed by atoms with E-state index in [0.717, 1.165) is 23.7 Å². The number of anilines is 1. The average Bonchev–Trinajstić information content (AvgIpc) is 2.81. The molecule has 1 atom stereocenters. The van der Waals surface area contributed by atoms with Crippen LogP contribution in [0.15, 0.2) is 24.3 Å². The van der Waals surface area contributed by atoms with Gasteiger partial charge in [0.25, 0.3) is 0 Å². The van der Waals surface area contributed by atoms with Gasteiger partial charge in [-0.1, -0.05) is 0 Å². The first-order valence-electron chi connectivity index (χ1n) is 6.37. The van der Waals surface area contributed by atoms with Gasteiger partial charge in [0.15, 0.2) is 0 Å². The monoisotopic (exact) mass is 281 g/mol. The minimum Gasteiger partial charge on any atom is -0.491 e. The number of hydrogen-bond acceptors (Lipinski definition) is 4. The maximum absolute atomic E-state index is 11.9. The summed E-state index contributed by atoms with van der Waals surface area (Å²) in [4.78, 5) is 13.7. The predicted octanol–water partition coefficient (Wildman–Crippen LogP) is 1.99. The molecule has 1 aromatic carbocycles. The zero-order valence-electron chi connectivity index (χ0n) is 11.0. The summed E-state index contributed by atoms with van der Waals surface area (Å²) < 4.78 is 10.4. The third-order valence-corrected chi connectivity index (χ3v) is 3.68. The molecular formula is C14H19NO3S. The van der Waals surface area contributed by atoms with Crippen molar-refractivity contribution < 1.29 is 14.3 Å². The summed E-state index contributed by atoms with van der Waals surface area (Å²) in [7, 11) is 1.64. The molecule has 0 aliphatic carbocycles. The maximum atomic E-state index is 11.9. The van der Waals surface area contributed by atoms with Crippen molar-refractivity contribution in [2.75, 3.05) is 37.5 Å². The molecule has 1 aliphatic heterocycles. The Kier molecular flexibility index (Phi) is 5.10. The molecule has 19 heavy (non-hydrogen) atoms. The smallest absolute Gasteiger partial charge is 0.227 e. The van der Waals surface area contributed by atoms with E-state index in [1.54, 1.807) is 7.11 Å². The van der Waals surface area contributed by atoms with Crippen LogP contribution in [0.25, 0.3) is 0 Å². The highest BCUT2D eigenvalue weighted by atomic mass is 32.1. The van der Waals surface area contributed by atoms with Gasteiger partial charge in [-0.3, -0.25) is 4.79 Å². The quantitative estimate of drug-likeness (QED) is 0.640. The lowest BCUT2D eigenvalue weighted by atomic mass is 10.1. The van der Waals surface area contributed by atoms with Gasteiger partial charge in [0, 0.05) is 25.8 Å². The van der Waals surface area contributed by atoms with E-state index in [-0.39, 0.29) is 5.91 Å². The van der Waals surface area contributed by atoms with E-state index in [2.05, 4.69) is 12.6 Å². The molecule has 4 nitrogen and oxygen atoms in total. The fourth-order valence-corrected chi connectivity index (χ4v) is 2.36. The highest BCUT2D eigenvalue weighted by Crippen LogP contribution is 2.27. The molecule has 1 heterocycles. The Labute approximate surface area is 119 Å². The van der Waals surface area contributed by atoms with Crippen molar-refractivity contribution in [3.8, 4) is 5.75 Å². The van der Waals surface area contributed by atoms with Crippen LogP contribution in [-0.2, 0) is 9.53 Å². The Morgan fingerprint density at radius 1 is 1.32 bits per heavy atom. The molecule has 1 amide bonds. The molecule has 2 rings (SSSR count). The van der Waals surface area contributed by atoms with Crippen LogP contribution < -0.4 is 9.64 Å². The molecule has 0 N–H and O–H groups in total. The summed E-state index contributed by atoms with van der Waals surface area (Å²) in [6, 6.07) is 7.60. The largest absolute Gasteiger partial charge is 0.491 e. The molecule has 1 aliphatic rings. The minimum absolute atomic E-state index is 0.173. The Morgan fingerprint density at radius 3 is 2.63 bits per heavy atom. The summed E-state index contributed by atoms with van der Waals surface area (Å²) >= 11 is 4.26. The minimum atomic E-state index is 0.173. The van der Waals surface area contributed by atoms with E-state index in [1.165, 1.54) is 0 Å². The molecule has 0 aromatic heterocycles. The third-order valence-electron chi connectivity index (χ3n) is 3.17.